The second kappa shape index (κ2) is 3.44. The Hall–Kier alpha value is -0.240. The van der Waals surface area contributed by atoms with Crippen molar-refractivity contribution in [2.75, 3.05) is 26.2 Å². The number of hydrazine groups is 1. The molecule has 0 saturated carbocycles. The van der Waals surface area contributed by atoms with Crippen molar-refractivity contribution in [2.24, 2.45) is 0 Å². The van der Waals surface area contributed by atoms with Crippen LogP contribution in [0.3, 0.4) is 0 Å². The molecule has 11 heavy (non-hydrogen) atoms. The van der Waals surface area contributed by atoms with Crippen LogP contribution in [0.4, 0.5) is 3.89 Å². The van der Waals surface area contributed by atoms with Crippen molar-refractivity contribution in [3.8, 4) is 0 Å². The first-order chi connectivity index (χ1) is 5.08. The normalized spacial score (nSPS) is 21.9. The van der Waals surface area contributed by atoms with Crippen molar-refractivity contribution < 1.29 is 12.3 Å². The topological polar surface area (TPSA) is 61.4 Å². The number of hydrogen-bond donors (Lipinski definition) is 2. The van der Waals surface area contributed by atoms with E-state index >= 15 is 0 Å². The average Bonchev–Trinajstić information content (AvgIpc) is 1.85. The first-order valence-corrected chi connectivity index (χ1v) is 4.64. The summed E-state index contributed by atoms with van der Waals surface area (Å²) in [6.45, 7) is 2.32. The SMILES string of the molecule is O=S(=O)(F)NN1CCNCC1. The lowest BCUT2D eigenvalue weighted by atomic mass is 10.4. The summed E-state index contributed by atoms with van der Waals surface area (Å²) >= 11 is 0. The zero-order valence-corrected chi connectivity index (χ0v) is 6.69. The smallest absolute Gasteiger partial charge is 0.314 e. The molecule has 66 valence electrons. The Morgan fingerprint density at radius 2 is 1.91 bits per heavy atom. The maximum absolute atomic E-state index is 12.0. The van der Waals surface area contributed by atoms with E-state index < -0.39 is 10.4 Å². The van der Waals surface area contributed by atoms with Crippen molar-refractivity contribution in [3.05, 3.63) is 0 Å². The third kappa shape index (κ3) is 3.61. The molecular formula is C4H10FN3O2S. The Morgan fingerprint density at radius 3 is 2.36 bits per heavy atom. The molecule has 0 bridgehead atoms. The van der Waals surface area contributed by atoms with Gasteiger partial charge in [0.1, 0.15) is 0 Å². The Morgan fingerprint density at radius 1 is 1.36 bits per heavy atom. The fourth-order valence-electron chi connectivity index (χ4n) is 0.910. The number of hydrogen-bond acceptors (Lipinski definition) is 4. The van der Waals surface area contributed by atoms with Crippen molar-refractivity contribution in [3.63, 3.8) is 0 Å². The molecule has 5 nitrogen and oxygen atoms in total. The van der Waals surface area contributed by atoms with Crippen molar-refractivity contribution in [1.29, 1.82) is 0 Å². The minimum Gasteiger partial charge on any atom is -0.314 e. The second-order valence-corrected chi connectivity index (χ2v) is 3.32. The predicted octanol–water partition coefficient (Wildman–Crippen LogP) is -1.39. The molecule has 0 aliphatic carbocycles. The van der Waals surface area contributed by atoms with Crippen LogP contribution in [0.1, 0.15) is 0 Å². The number of nitrogens with one attached hydrogen (secondary N) is 2. The lowest BCUT2D eigenvalue weighted by molar-refractivity contribution is 0.207. The van der Waals surface area contributed by atoms with E-state index in [0.29, 0.717) is 26.2 Å². The summed E-state index contributed by atoms with van der Waals surface area (Å²) in [6.07, 6.45) is 0. The Balaban J connectivity index is 2.36. The first-order valence-electron chi connectivity index (χ1n) is 3.25. The van der Waals surface area contributed by atoms with E-state index in [0.717, 1.165) is 0 Å². The lowest BCUT2D eigenvalue weighted by Gasteiger charge is -2.25. The highest BCUT2D eigenvalue weighted by molar-refractivity contribution is 7.84. The maximum Gasteiger partial charge on any atom is 0.385 e. The molecular weight excluding hydrogens is 173 g/mol. The van der Waals surface area contributed by atoms with Crippen LogP contribution in [-0.4, -0.2) is 39.6 Å². The number of nitrogens with zero attached hydrogens (tertiary/aromatic N) is 1. The molecule has 1 heterocycles. The van der Waals surface area contributed by atoms with Crippen molar-refractivity contribution in [1.82, 2.24) is 15.2 Å². The van der Waals surface area contributed by atoms with E-state index in [1.54, 1.807) is 4.83 Å². The molecule has 0 aromatic rings. The van der Waals surface area contributed by atoms with Gasteiger partial charge in [-0.25, -0.2) is 5.01 Å². The summed E-state index contributed by atoms with van der Waals surface area (Å²) in [5.41, 5.74) is 0. The van der Waals surface area contributed by atoms with Gasteiger partial charge >= 0.3 is 10.4 Å². The van der Waals surface area contributed by atoms with Crippen LogP contribution in [0, 0.1) is 0 Å². The van der Waals surface area contributed by atoms with Crippen LogP contribution in [0.25, 0.3) is 0 Å². The molecule has 7 heteroatoms. The van der Waals surface area contributed by atoms with Gasteiger partial charge in [-0.1, -0.05) is 3.89 Å². The fraction of sp³-hybridized carbons (Fsp3) is 1.00. The van der Waals surface area contributed by atoms with Gasteiger partial charge in [0.25, 0.3) is 0 Å². The van der Waals surface area contributed by atoms with Crippen molar-refractivity contribution >= 4 is 10.4 Å². The largest absolute Gasteiger partial charge is 0.385 e. The van der Waals surface area contributed by atoms with E-state index in [1.165, 1.54) is 5.01 Å². The number of rotatable bonds is 2. The van der Waals surface area contributed by atoms with Gasteiger partial charge in [0.2, 0.25) is 0 Å². The quantitative estimate of drug-likeness (QED) is 0.517. The summed E-state index contributed by atoms with van der Waals surface area (Å²) in [5.74, 6) is 0. The highest BCUT2D eigenvalue weighted by Gasteiger charge is 2.15. The predicted molar refractivity (Wildman–Crippen MR) is 37.6 cm³/mol. The molecule has 0 unspecified atom stereocenters. The van der Waals surface area contributed by atoms with Gasteiger partial charge in [0, 0.05) is 26.2 Å². The third-order valence-corrected chi connectivity index (χ3v) is 1.83. The molecule has 1 rings (SSSR count). The maximum atomic E-state index is 12.0. The summed E-state index contributed by atoms with van der Waals surface area (Å²) in [4.78, 5) is 1.76. The minimum atomic E-state index is -4.58. The molecule has 2 N–H and O–H groups in total. The Labute approximate surface area is 64.9 Å². The zero-order valence-electron chi connectivity index (χ0n) is 5.88. The van der Waals surface area contributed by atoms with Crippen LogP contribution < -0.4 is 10.1 Å². The average molecular weight is 183 g/mol. The summed E-state index contributed by atoms with van der Waals surface area (Å²) < 4.78 is 32.1. The van der Waals surface area contributed by atoms with E-state index in [4.69, 9.17) is 0 Å². The molecule has 1 aliphatic heterocycles. The summed E-state index contributed by atoms with van der Waals surface area (Å²) in [6, 6.07) is 0. The number of halogens is 1. The highest BCUT2D eigenvalue weighted by Crippen LogP contribution is 1.91. The van der Waals surface area contributed by atoms with Crippen LogP contribution in [0.15, 0.2) is 0 Å². The van der Waals surface area contributed by atoms with E-state index in [2.05, 4.69) is 5.32 Å². The van der Waals surface area contributed by atoms with Gasteiger partial charge in [-0.15, -0.1) is 4.83 Å². The molecule has 1 fully saturated rings. The Kier molecular flexibility index (Phi) is 2.77. The van der Waals surface area contributed by atoms with Gasteiger partial charge < -0.3 is 5.32 Å². The zero-order chi connectivity index (χ0) is 8.32. The third-order valence-electron chi connectivity index (χ3n) is 1.36. The summed E-state index contributed by atoms with van der Waals surface area (Å²) in [7, 11) is -4.58. The van der Waals surface area contributed by atoms with Gasteiger partial charge in [0.15, 0.2) is 0 Å². The van der Waals surface area contributed by atoms with Gasteiger partial charge in [-0.3, -0.25) is 0 Å². The summed E-state index contributed by atoms with van der Waals surface area (Å²) in [5, 5.41) is 4.33. The second-order valence-electron chi connectivity index (χ2n) is 2.27. The molecule has 0 aromatic heterocycles. The van der Waals surface area contributed by atoms with Gasteiger partial charge in [0.05, 0.1) is 0 Å². The first kappa shape index (κ1) is 8.85. The standard InChI is InChI=1S/C4H10FN3O2S/c5-11(9,10)7-8-3-1-6-2-4-8/h6-7H,1-4H2. The molecule has 0 atom stereocenters. The molecule has 0 spiro atoms. The number of piperazine rings is 1. The molecule has 0 radical (unpaired) electrons. The monoisotopic (exact) mass is 183 g/mol. The molecule has 0 amide bonds. The lowest BCUT2D eigenvalue weighted by Crippen LogP contribution is -2.51. The van der Waals surface area contributed by atoms with Crippen LogP contribution in [-0.2, 0) is 10.4 Å². The van der Waals surface area contributed by atoms with Crippen molar-refractivity contribution in [2.45, 2.75) is 0 Å². The van der Waals surface area contributed by atoms with Crippen LogP contribution in [0.5, 0.6) is 0 Å². The van der Waals surface area contributed by atoms with Crippen LogP contribution in [0.2, 0.25) is 0 Å². The van der Waals surface area contributed by atoms with E-state index in [-0.39, 0.29) is 0 Å². The van der Waals surface area contributed by atoms with E-state index in [9.17, 15) is 12.3 Å². The molecule has 1 aliphatic rings. The highest BCUT2D eigenvalue weighted by atomic mass is 32.3. The Bertz CT molecular complexity index is 211. The molecule has 1 saturated heterocycles. The fourth-order valence-corrected chi connectivity index (χ4v) is 1.40. The minimum absolute atomic E-state index is 0.489. The van der Waals surface area contributed by atoms with Gasteiger partial charge in [-0.05, 0) is 0 Å². The van der Waals surface area contributed by atoms with Gasteiger partial charge in [-0.2, -0.15) is 8.42 Å². The van der Waals surface area contributed by atoms with E-state index in [1.807, 2.05) is 0 Å². The molecule has 0 aromatic carbocycles. The van der Waals surface area contributed by atoms with Crippen LogP contribution >= 0.6 is 0 Å².